The fourth-order valence-corrected chi connectivity index (χ4v) is 4.90. The zero-order chi connectivity index (χ0) is 31.2. The maximum Gasteiger partial charge on any atom is 0.416 e. The number of nitrogens with one attached hydrogen (secondary N) is 2. The van der Waals surface area contributed by atoms with Gasteiger partial charge in [0.1, 0.15) is 24.1 Å². The van der Waals surface area contributed by atoms with E-state index in [1.165, 1.54) is 17.1 Å². The van der Waals surface area contributed by atoms with Gasteiger partial charge in [0.2, 0.25) is 0 Å². The van der Waals surface area contributed by atoms with Gasteiger partial charge >= 0.3 is 6.18 Å². The second-order valence-corrected chi connectivity index (χ2v) is 10.2. The fourth-order valence-electron chi connectivity index (χ4n) is 4.90. The van der Waals surface area contributed by atoms with E-state index in [1.807, 2.05) is 0 Å². The number of benzene rings is 1. The van der Waals surface area contributed by atoms with E-state index in [9.17, 15) is 37.7 Å². The Morgan fingerprint density at radius 3 is 2.68 bits per heavy atom. The number of aliphatic hydroxyl groups is 3. The van der Waals surface area contributed by atoms with Crippen molar-refractivity contribution in [1.29, 1.82) is 0 Å². The molecule has 1 aromatic carbocycles. The number of amides is 1. The van der Waals surface area contributed by atoms with Crippen molar-refractivity contribution < 1.29 is 47.1 Å². The highest BCUT2D eigenvalue weighted by molar-refractivity contribution is 5.92. The number of rotatable bonds is 8. The summed E-state index contributed by atoms with van der Waals surface area (Å²) in [7, 11) is 0. The molecule has 1 amide bonds. The van der Waals surface area contributed by atoms with Crippen LogP contribution in [-0.4, -0.2) is 99.9 Å². The lowest BCUT2D eigenvalue weighted by Gasteiger charge is -2.17. The van der Waals surface area contributed by atoms with Crippen molar-refractivity contribution in [2.75, 3.05) is 25.1 Å². The SMILES string of the molecule is O=C(NCc1cc(F)cc(C(F)(F)F)c1)c1cn(-c2nc(N[C@@H]3CCOC3)c3ncn([C@@H]4O[C@H](CO)[C@H](O)[C@@H]4O)c3n2)nn1. The van der Waals surface area contributed by atoms with Gasteiger partial charge in [0.25, 0.3) is 11.9 Å². The highest BCUT2D eigenvalue weighted by Gasteiger charge is 2.44. The van der Waals surface area contributed by atoms with Crippen molar-refractivity contribution >= 4 is 22.9 Å². The Kier molecular flexibility index (Phi) is 7.88. The van der Waals surface area contributed by atoms with Gasteiger partial charge in [-0.15, -0.1) is 5.10 Å². The van der Waals surface area contributed by atoms with Crippen molar-refractivity contribution in [2.45, 2.75) is 49.7 Å². The molecule has 0 spiro atoms. The number of hydrogen-bond acceptors (Lipinski definition) is 12. The van der Waals surface area contributed by atoms with E-state index in [0.717, 1.165) is 16.8 Å². The Morgan fingerprint density at radius 1 is 1.16 bits per heavy atom. The van der Waals surface area contributed by atoms with Crippen LogP contribution in [0.5, 0.6) is 0 Å². The molecule has 0 bridgehead atoms. The van der Waals surface area contributed by atoms with Crippen LogP contribution >= 0.6 is 0 Å². The smallest absolute Gasteiger partial charge is 0.394 e. The number of alkyl halides is 3. The Morgan fingerprint density at radius 2 is 1.98 bits per heavy atom. The molecule has 0 saturated carbocycles. The van der Waals surface area contributed by atoms with Crippen LogP contribution in [0.25, 0.3) is 17.1 Å². The molecule has 5 heterocycles. The molecule has 5 N–H and O–H groups in total. The van der Waals surface area contributed by atoms with E-state index < -0.39 is 61.2 Å². The lowest BCUT2D eigenvalue weighted by Crippen LogP contribution is -2.33. The molecule has 0 unspecified atom stereocenters. The molecule has 2 aliphatic heterocycles. The van der Waals surface area contributed by atoms with E-state index in [-0.39, 0.29) is 40.2 Å². The normalized spacial score (nSPS) is 23.8. The zero-order valence-electron chi connectivity index (χ0n) is 22.5. The van der Waals surface area contributed by atoms with Crippen LogP contribution in [-0.2, 0) is 22.2 Å². The minimum atomic E-state index is -4.76. The molecule has 19 heteroatoms. The molecule has 44 heavy (non-hydrogen) atoms. The van der Waals surface area contributed by atoms with Crippen molar-refractivity contribution in [3.63, 3.8) is 0 Å². The number of carbonyl (C=O) groups is 1. The summed E-state index contributed by atoms with van der Waals surface area (Å²) in [4.78, 5) is 26.0. The molecule has 4 aromatic rings. The highest BCUT2D eigenvalue weighted by atomic mass is 19.4. The van der Waals surface area contributed by atoms with Crippen LogP contribution < -0.4 is 10.6 Å². The first-order chi connectivity index (χ1) is 21.0. The third-order valence-electron chi connectivity index (χ3n) is 7.14. The number of anilines is 1. The number of imidazole rings is 1. The lowest BCUT2D eigenvalue weighted by atomic mass is 10.1. The predicted octanol–water partition coefficient (Wildman–Crippen LogP) is 0.307. The standard InChI is InChI=1S/C25H25F4N9O6/c26-13-4-11(3-12(5-13)25(27,28)29)6-30-22(42)15-7-38(36-35-15)24-33-20(32-14-1-2-43-9-14)17-21(34-24)37(10-31-17)23-19(41)18(40)16(8-39)44-23/h3-5,7,10,14,16,18-19,23,39-41H,1-2,6,8-9H2,(H,30,42)(H,32,33,34)/t14-,16-,18+,19+,23-/m1/s1. The van der Waals surface area contributed by atoms with Gasteiger partial charge < -0.3 is 35.4 Å². The summed E-state index contributed by atoms with van der Waals surface area (Å²) in [6.45, 7) is -0.0249. The summed E-state index contributed by atoms with van der Waals surface area (Å²) in [5.74, 6) is -1.74. The summed E-state index contributed by atoms with van der Waals surface area (Å²) in [6, 6.07) is 1.84. The molecule has 15 nitrogen and oxygen atoms in total. The van der Waals surface area contributed by atoms with Gasteiger partial charge in [-0.2, -0.15) is 27.8 Å². The molecule has 0 radical (unpaired) electrons. The minimum absolute atomic E-state index is 0.0843. The zero-order valence-corrected chi connectivity index (χ0v) is 22.5. The number of ether oxygens (including phenoxy) is 2. The van der Waals surface area contributed by atoms with E-state index in [2.05, 4.69) is 35.9 Å². The Bertz CT molecular complexity index is 1680. The molecule has 2 saturated heterocycles. The average Bonchev–Trinajstić information content (AvgIpc) is 3.79. The summed E-state index contributed by atoms with van der Waals surface area (Å²) in [6.07, 6.45) is -6.58. The van der Waals surface area contributed by atoms with Gasteiger partial charge in [0.15, 0.2) is 28.9 Å². The lowest BCUT2D eigenvalue weighted by molar-refractivity contribution is -0.137. The summed E-state index contributed by atoms with van der Waals surface area (Å²) in [5, 5.41) is 43.7. The molecule has 5 atom stereocenters. The first kappa shape index (κ1) is 29.8. The minimum Gasteiger partial charge on any atom is -0.394 e. The van der Waals surface area contributed by atoms with Crippen molar-refractivity contribution in [2.24, 2.45) is 0 Å². The fraction of sp³-hybridized carbons (Fsp3) is 0.440. The molecular formula is C25H25F4N9O6. The van der Waals surface area contributed by atoms with E-state index in [0.29, 0.717) is 25.7 Å². The van der Waals surface area contributed by atoms with Crippen LogP contribution in [0.2, 0.25) is 0 Å². The molecule has 0 aliphatic carbocycles. The Labute approximate surface area is 244 Å². The van der Waals surface area contributed by atoms with Gasteiger partial charge in [-0.25, -0.2) is 9.37 Å². The second-order valence-electron chi connectivity index (χ2n) is 10.2. The number of hydrogen-bond donors (Lipinski definition) is 5. The largest absolute Gasteiger partial charge is 0.416 e. The number of fused-ring (bicyclic) bond motifs is 1. The summed E-state index contributed by atoms with van der Waals surface area (Å²) < 4.78 is 66.3. The van der Waals surface area contributed by atoms with Crippen LogP contribution in [0.4, 0.5) is 23.4 Å². The number of carbonyl (C=O) groups excluding carboxylic acids is 1. The summed E-state index contributed by atoms with van der Waals surface area (Å²) in [5.41, 5.74) is -1.11. The van der Waals surface area contributed by atoms with Crippen molar-refractivity contribution in [3.8, 4) is 5.95 Å². The Hall–Kier alpha value is -4.30. The van der Waals surface area contributed by atoms with Crippen LogP contribution in [0, 0.1) is 5.82 Å². The number of aromatic nitrogens is 7. The Balaban J connectivity index is 1.28. The van der Waals surface area contributed by atoms with Gasteiger partial charge in [0, 0.05) is 13.2 Å². The van der Waals surface area contributed by atoms with E-state index in [4.69, 9.17) is 9.47 Å². The number of aliphatic hydroxyl groups excluding tert-OH is 3. The molecule has 2 fully saturated rings. The van der Waals surface area contributed by atoms with E-state index in [1.54, 1.807) is 0 Å². The predicted molar refractivity (Wildman–Crippen MR) is 139 cm³/mol. The third-order valence-corrected chi connectivity index (χ3v) is 7.14. The summed E-state index contributed by atoms with van der Waals surface area (Å²) >= 11 is 0. The molecular weight excluding hydrogens is 598 g/mol. The van der Waals surface area contributed by atoms with Gasteiger partial charge in [-0.1, -0.05) is 5.21 Å². The van der Waals surface area contributed by atoms with Crippen molar-refractivity contribution in [3.05, 3.63) is 53.4 Å². The average molecular weight is 624 g/mol. The first-order valence-electron chi connectivity index (χ1n) is 13.3. The quantitative estimate of drug-likeness (QED) is 0.169. The molecule has 234 valence electrons. The molecule has 2 aliphatic rings. The van der Waals surface area contributed by atoms with E-state index >= 15 is 0 Å². The maximum atomic E-state index is 13.7. The van der Waals surface area contributed by atoms with Crippen LogP contribution in [0.15, 0.2) is 30.7 Å². The first-order valence-corrected chi connectivity index (χ1v) is 13.3. The van der Waals surface area contributed by atoms with Crippen LogP contribution in [0.3, 0.4) is 0 Å². The van der Waals surface area contributed by atoms with Crippen molar-refractivity contribution in [1.82, 2.24) is 39.8 Å². The highest BCUT2D eigenvalue weighted by Crippen LogP contribution is 2.33. The maximum absolute atomic E-state index is 13.7. The third kappa shape index (κ3) is 5.78. The number of nitrogens with zero attached hydrogens (tertiary/aromatic N) is 7. The van der Waals surface area contributed by atoms with Gasteiger partial charge in [-0.3, -0.25) is 9.36 Å². The monoisotopic (exact) mass is 623 g/mol. The van der Waals surface area contributed by atoms with Gasteiger partial charge in [-0.05, 0) is 30.2 Å². The molecule has 6 rings (SSSR count). The topological polar surface area (TPSA) is 195 Å². The molecule has 3 aromatic heterocycles. The van der Waals surface area contributed by atoms with Gasteiger partial charge in [0.05, 0.1) is 37.3 Å². The van der Waals surface area contributed by atoms with Crippen LogP contribution in [0.1, 0.15) is 34.3 Å². The second kappa shape index (κ2) is 11.7. The number of halogens is 4.